The zero-order valence-electron chi connectivity index (χ0n) is 12.1. The molecule has 0 radical (unpaired) electrons. The highest BCUT2D eigenvalue weighted by Crippen LogP contribution is 2.28. The number of nitrogens with zero attached hydrogens (tertiary/aromatic N) is 3. The Morgan fingerprint density at radius 2 is 2.29 bits per heavy atom. The van der Waals surface area contributed by atoms with E-state index in [9.17, 15) is 13.5 Å². The van der Waals surface area contributed by atoms with Crippen molar-refractivity contribution in [3.05, 3.63) is 12.4 Å². The lowest BCUT2D eigenvalue weighted by molar-refractivity contribution is 0.184. The zero-order chi connectivity index (χ0) is 15.0. The minimum atomic E-state index is -3.53. The van der Waals surface area contributed by atoms with Crippen molar-refractivity contribution in [3.8, 4) is 0 Å². The second-order valence-electron chi connectivity index (χ2n) is 5.92. The fraction of sp³-hybridized carbons (Fsp3) is 0.769. The average Bonchev–Trinajstić information content (AvgIpc) is 3.18. The van der Waals surface area contributed by atoms with Gasteiger partial charge in [-0.05, 0) is 18.3 Å². The Morgan fingerprint density at radius 1 is 1.48 bits per heavy atom. The normalized spacial score (nSPS) is 31.0. The monoisotopic (exact) mass is 315 g/mol. The van der Waals surface area contributed by atoms with Crippen LogP contribution in [0.25, 0.3) is 0 Å². The van der Waals surface area contributed by atoms with E-state index in [0.717, 1.165) is 6.42 Å². The van der Waals surface area contributed by atoms with Gasteiger partial charge in [-0.1, -0.05) is 6.92 Å². The molecule has 1 aromatic heterocycles. The van der Waals surface area contributed by atoms with Crippen molar-refractivity contribution >= 4 is 10.0 Å². The molecule has 2 saturated heterocycles. The molecule has 3 atom stereocenters. The van der Waals surface area contributed by atoms with Gasteiger partial charge in [0.2, 0.25) is 10.0 Å². The number of aromatic nitrogens is 2. The van der Waals surface area contributed by atoms with E-state index in [-0.39, 0.29) is 29.4 Å². The molecule has 2 fully saturated rings. The molecule has 7 nitrogen and oxygen atoms in total. The van der Waals surface area contributed by atoms with E-state index >= 15 is 0 Å². The summed E-state index contributed by atoms with van der Waals surface area (Å²) in [6.07, 6.45) is 3.85. The van der Waals surface area contributed by atoms with Gasteiger partial charge in [0.1, 0.15) is 4.90 Å². The molecule has 0 unspecified atom stereocenters. The SMILES string of the molecule is C[C@@H]1CN(S(=O)(=O)c2cnn([C@H]3CCOC3)c2)C[C@H]1CO. The molecule has 3 heterocycles. The number of hydrogen-bond acceptors (Lipinski definition) is 5. The van der Waals surface area contributed by atoms with Gasteiger partial charge < -0.3 is 9.84 Å². The Hall–Kier alpha value is -0.960. The summed E-state index contributed by atoms with van der Waals surface area (Å²) < 4.78 is 33.7. The van der Waals surface area contributed by atoms with Gasteiger partial charge in [0.25, 0.3) is 0 Å². The molecule has 2 aliphatic heterocycles. The molecular formula is C13H21N3O4S. The molecule has 0 saturated carbocycles. The van der Waals surface area contributed by atoms with Gasteiger partial charge in [-0.15, -0.1) is 0 Å². The molecule has 0 aromatic carbocycles. The van der Waals surface area contributed by atoms with Crippen molar-refractivity contribution in [1.82, 2.24) is 14.1 Å². The highest BCUT2D eigenvalue weighted by atomic mass is 32.2. The molecule has 8 heteroatoms. The van der Waals surface area contributed by atoms with Gasteiger partial charge >= 0.3 is 0 Å². The Balaban J connectivity index is 1.79. The van der Waals surface area contributed by atoms with Gasteiger partial charge in [0.05, 0.1) is 18.8 Å². The summed E-state index contributed by atoms with van der Waals surface area (Å²) in [5, 5.41) is 13.5. The maximum atomic E-state index is 12.6. The van der Waals surface area contributed by atoms with E-state index in [0.29, 0.717) is 26.3 Å². The number of aliphatic hydroxyl groups excluding tert-OH is 1. The highest BCUT2D eigenvalue weighted by Gasteiger charge is 2.37. The minimum absolute atomic E-state index is 0.0121. The van der Waals surface area contributed by atoms with Gasteiger partial charge in [0.15, 0.2) is 0 Å². The van der Waals surface area contributed by atoms with Crippen LogP contribution in [0.2, 0.25) is 0 Å². The third-order valence-corrected chi connectivity index (χ3v) is 6.25. The number of aliphatic hydroxyl groups is 1. The van der Waals surface area contributed by atoms with E-state index in [1.807, 2.05) is 6.92 Å². The summed E-state index contributed by atoms with van der Waals surface area (Å²) in [5.74, 6) is 0.182. The number of hydrogen-bond donors (Lipinski definition) is 1. The Kier molecular flexibility index (Phi) is 4.04. The molecule has 3 rings (SSSR count). The predicted octanol–water partition coefficient (Wildman–Crippen LogP) is 0.0934. The summed E-state index contributed by atoms with van der Waals surface area (Å²) in [5.41, 5.74) is 0. The van der Waals surface area contributed by atoms with Crippen LogP contribution in [0.15, 0.2) is 17.3 Å². The maximum Gasteiger partial charge on any atom is 0.246 e. The van der Waals surface area contributed by atoms with Crippen LogP contribution < -0.4 is 0 Å². The Labute approximate surface area is 124 Å². The van der Waals surface area contributed by atoms with Crippen molar-refractivity contribution in [1.29, 1.82) is 0 Å². The van der Waals surface area contributed by atoms with E-state index in [1.165, 1.54) is 10.5 Å². The molecule has 0 bridgehead atoms. The molecule has 1 N–H and O–H groups in total. The zero-order valence-corrected chi connectivity index (χ0v) is 12.9. The van der Waals surface area contributed by atoms with Gasteiger partial charge in [-0.2, -0.15) is 9.40 Å². The van der Waals surface area contributed by atoms with Crippen LogP contribution >= 0.6 is 0 Å². The fourth-order valence-corrected chi connectivity index (χ4v) is 4.49. The van der Waals surface area contributed by atoms with Crippen LogP contribution in [-0.4, -0.2) is 60.5 Å². The number of ether oxygens (including phenoxy) is 1. The smallest absolute Gasteiger partial charge is 0.246 e. The molecule has 0 spiro atoms. The van der Waals surface area contributed by atoms with Crippen LogP contribution in [0.4, 0.5) is 0 Å². The van der Waals surface area contributed by atoms with Gasteiger partial charge in [-0.3, -0.25) is 4.68 Å². The lowest BCUT2D eigenvalue weighted by Crippen LogP contribution is -2.29. The van der Waals surface area contributed by atoms with Gasteiger partial charge in [0, 0.05) is 32.5 Å². The van der Waals surface area contributed by atoms with Crippen LogP contribution in [0.5, 0.6) is 0 Å². The topological polar surface area (TPSA) is 84.7 Å². The van der Waals surface area contributed by atoms with Gasteiger partial charge in [-0.25, -0.2) is 8.42 Å². The minimum Gasteiger partial charge on any atom is -0.396 e. The van der Waals surface area contributed by atoms with Crippen molar-refractivity contribution in [3.63, 3.8) is 0 Å². The molecule has 21 heavy (non-hydrogen) atoms. The van der Waals surface area contributed by atoms with Crippen LogP contribution in [0.1, 0.15) is 19.4 Å². The quantitative estimate of drug-likeness (QED) is 0.851. The predicted molar refractivity (Wildman–Crippen MR) is 75.2 cm³/mol. The first kappa shape index (κ1) is 15.0. The summed E-state index contributed by atoms with van der Waals surface area (Å²) in [6, 6.07) is 0.122. The lowest BCUT2D eigenvalue weighted by Gasteiger charge is -2.14. The maximum absolute atomic E-state index is 12.6. The van der Waals surface area contributed by atoms with E-state index in [1.54, 1.807) is 10.9 Å². The summed E-state index contributed by atoms with van der Waals surface area (Å²) >= 11 is 0. The molecule has 2 aliphatic rings. The second kappa shape index (κ2) is 5.68. The number of rotatable bonds is 4. The number of sulfonamides is 1. The molecule has 0 amide bonds. The molecule has 118 valence electrons. The van der Waals surface area contributed by atoms with Crippen molar-refractivity contribution in [2.45, 2.75) is 24.3 Å². The molecular weight excluding hydrogens is 294 g/mol. The van der Waals surface area contributed by atoms with Crippen LogP contribution in [-0.2, 0) is 14.8 Å². The van der Waals surface area contributed by atoms with E-state index in [2.05, 4.69) is 5.10 Å². The second-order valence-corrected chi connectivity index (χ2v) is 7.85. The summed E-state index contributed by atoms with van der Waals surface area (Å²) in [4.78, 5) is 0.222. The summed E-state index contributed by atoms with van der Waals surface area (Å²) in [7, 11) is -3.53. The first-order chi connectivity index (χ1) is 10.0. The van der Waals surface area contributed by atoms with Crippen LogP contribution in [0, 0.1) is 11.8 Å². The first-order valence-electron chi connectivity index (χ1n) is 7.25. The third kappa shape index (κ3) is 2.73. The Morgan fingerprint density at radius 3 is 2.90 bits per heavy atom. The summed E-state index contributed by atoms with van der Waals surface area (Å²) in [6.45, 7) is 4.08. The van der Waals surface area contributed by atoms with Crippen molar-refractivity contribution < 1.29 is 18.3 Å². The Bertz CT molecular complexity index is 594. The first-order valence-corrected chi connectivity index (χ1v) is 8.69. The third-order valence-electron chi connectivity index (χ3n) is 4.46. The highest BCUT2D eigenvalue weighted by molar-refractivity contribution is 7.89. The molecule has 1 aromatic rings. The standard InChI is InChI=1S/C13H21N3O4S/c1-10-5-15(6-11(10)8-17)21(18,19)13-4-14-16(7-13)12-2-3-20-9-12/h4,7,10-12,17H,2-3,5-6,8-9H2,1H3/t10-,11+,12+/m1/s1. The van der Waals surface area contributed by atoms with E-state index < -0.39 is 10.0 Å². The van der Waals surface area contributed by atoms with Crippen molar-refractivity contribution in [2.24, 2.45) is 11.8 Å². The molecule has 0 aliphatic carbocycles. The largest absolute Gasteiger partial charge is 0.396 e. The van der Waals surface area contributed by atoms with E-state index in [4.69, 9.17) is 4.74 Å². The average molecular weight is 315 g/mol. The lowest BCUT2D eigenvalue weighted by atomic mass is 10.00. The van der Waals surface area contributed by atoms with Crippen molar-refractivity contribution in [2.75, 3.05) is 32.9 Å². The fourth-order valence-electron chi connectivity index (χ4n) is 2.95. The van der Waals surface area contributed by atoms with Crippen LogP contribution in [0.3, 0.4) is 0 Å².